The van der Waals surface area contributed by atoms with E-state index >= 15 is 0 Å². The highest BCUT2D eigenvalue weighted by Crippen LogP contribution is 2.39. The molecule has 8 nitrogen and oxygen atoms in total. The number of nitrogens with one attached hydrogen (secondary N) is 2. The van der Waals surface area contributed by atoms with Gasteiger partial charge in [-0.15, -0.1) is 10.2 Å². The van der Waals surface area contributed by atoms with E-state index in [2.05, 4.69) is 35.6 Å². The minimum atomic E-state index is -0.442. The van der Waals surface area contributed by atoms with Crippen LogP contribution in [0, 0.1) is 0 Å². The number of rotatable bonds is 4. The molecule has 120 valence electrons. The Hall–Kier alpha value is -2.51. The smallest absolute Gasteiger partial charge is 0.272 e. The van der Waals surface area contributed by atoms with Crippen LogP contribution in [-0.2, 0) is 5.54 Å². The van der Waals surface area contributed by atoms with E-state index in [1.807, 2.05) is 6.07 Å². The standard InChI is InChI=1S/C15H19N7O/c23-13(18-15(6-3-7-15)14-16-10-17-21-14)11-4-5-12(20-19-11)22-8-1-2-9-22/h4-5,10H,1-3,6-9H2,(H,18,23)(H,16,17,21). The van der Waals surface area contributed by atoms with Gasteiger partial charge >= 0.3 is 0 Å². The molecule has 0 atom stereocenters. The van der Waals surface area contributed by atoms with Crippen LogP contribution >= 0.6 is 0 Å². The molecule has 4 rings (SSSR count). The van der Waals surface area contributed by atoms with Crippen LogP contribution < -0.4 is 10.2 Å². The summed E-state index contributed by atoms with van der Waals surface area (Å²) in [6.07, 6.45) is 6.60. The summed E-state index contributed by atoms with van der Waals surface area (Å²) in [6.45, 7) is 2.02. The molecule has 1 aliphatic carbocycles. The molecule has 3 heterocycles. The fourth-order valence-corrected chi connectivity index (χ4v) is 3.23. The number of hydrogen-bond acceptors (Lipinski definition) is 6. The summed E-state index contributed by atoms with van der Waals surface area (Å²) in [5, 5.41) is 18.1. The van der Waals surface area contributed by atoms with E-state index in [4.69, 9.17) is 0 Å². The average Bonchev–Trinajstić information content (AvgIpc) is 3.24. The number of aromatic nitrogens is 5. The Morgan fingerprint density at radius 2 is 2.00 bits per heavy atom. The average molecular weight is 313 g/mol. The lowest BCUT2D eigenvalue weighted by molar-refractivity contribution is 0.0803. The van der Waals surface area contributed by atoms with Crippen molar-refractivity contribution in [2.45, 2.75) is 37.6 Å². The maximum atomic E-state index is 12.5. The number of H-pyrrole nitrogens is 1. The fourth-order valence-electron chi connectivity index (χ4n) is 3.23. The van der Waals surface area contributed by atoms with E-state index < -0.39 is 5.54 Å². The summed E-state index contributed by atoms with van der Waals surface area (Å²) < 4.78 is 0. The predicted octanol–water partition coefficient (Wildman–Crippen LogP) is 1.00. The number of nitrogens with zero attached hydrogens (tertiary/aromatic N) is 5. The van der Waals surface area contributed by atoms with Gasteiger partial charge in [-0.25, -0.2) is 4.98 Å². The van der Waals surface area contributed by atoms with Crippen molar-refractivity contribution >= 4 is 11.7 Å². The van der Waals surface area contributed by atoms with Crippen LogP contribution in [0.3, 0.4) is 0 Å². The Balaban J connectivity index is 1.48. The predicted molar refractivity (Wildman–Crippen MR) is 82.9 cm³/mol. The molecule has 2 aromatic heterocycles. The van der Waals surface area contributed by atoms with Gasteiger partial charge in [-0.2, -0.15) is 5.10 Å². The summed E-state index contributed by atoms with van der Waals surface area (Å²) in [5.74, 6) is 1.33. The zero-order valence-corrected chi connectivity index (χ0v) is 12.8. The Bertz CT molecular complexity index is 672. The first kappa shape index (κ1) is 14.1. The van der Waals surface area contributed by atoms with Gasteiger partial charge in [-0.1, -0.05) is 0 Å². The number of aromatic amines is 1. The highest BCUT2D eigenvalue weighted by Gasteiger charge is 2.43. The van der Waals surface area contributed by atoms with Gasteiger partial charge < -0.3 is 10.2 Å². The summed E-state index contributed by atoms with van der Waals surface area (Å²) in [5.41, 5.74) is -0.109. The lowest BCUT2D eigenvalue weighted by atomic mass is 9.76. The van der Waals surface area contributed by atoms with E-state index in [1.165, 1.54) is 19.2 Å². The lowest BCUT2D eigenvalue weighted by Gasteiger charge is -2.40. The van der Waals surface area contributed by atoms with Crippen molar-refractivity contribution in [3.05, 3.63) is 30.0 Å². The normalized spacial score (nSPS) is 19.4. The highest BCUT2D eigenvalue weighted by molar-refractivity contribution is 5.92. The molecule has 2 aromatic rings. The molecule has 0 unspecified atom stereocenters. The topological polar surface area (TPSA) is 99.7 Å². The first-order valence-electron chi connectivity index (χ1n) is 8.04. The molecule has 2 aliphatic rings. The second-order valence-corrected chi connectivity index (χ2v) is 6.19. The molecule has 1 saturated carbocycles. The van der Waals surface area contributed by atoms with Gasteiger partial charge in [0.15, 0.2) is 11.5 Å². The van der Waals surface area contributed by atoms with E-state index in [1.54, 1.807) is 6.07 Å². The van der Waals surface area contributed by atoms with Crippen LogP contribution in [0.2, 0.25) is 0 Å². The second-order valence-electron chi connectivity index (χ2n) is 6.19. The zero-order chi connectivity index (χ0) is 15.7. The first-order valence-corrected chi connectivity index (χ1v) is 8.04. The molecular weight excluding hydrogens is 294 g/mol. The molecule has 0 aromatic carbocycles. The third kappa shape index (κ3) is 2.54. The number of carbonyl (C=O) groups is 1. The molecular formula is C15H19N7O. The van der Waals surface area contributed by atoms with Crippen LogP contribution in [0.5, 0.6) is 0 Å². The van der Waals surface area contributed by atoms with Gasteiger partial charge in [-0.3, -0.25) is 9.89 Å². The monoisotopic (exact) mass is 313 g/mol. The largest absolute Gasteiger partial charge is 0.355 e. The van der Waals surface area contributed by atoms with Crippen molar-refractivity contribution in [1.29, 1.82) is 0 Å². The lowest BCUT2D eigenvalue weighted by Crippen LogP contribution is -2.51. The summed E-state index contributed by atoms with van der Waals surface area (Å²) in [6, 6.07) is 3.61. The third-order valence-corrected chi connectivity index (χ3v) is 4.74. The number of hydrogen-bond donors (Lipinski definition) is 2. The molecule has 1 aliphatic heterocycles. The van der Waals surface area contributed by atoms with E-state index in [0.717, 1.165) is 38.2 Å². The van der Waals surface area contributed by atoms with Crippen molar-refractivity contribution < 1.29 is 4.79 Å². The van der Waals surface area contributed by atoms with Gasteiger partial charge in [0.05, 0.1) is 5.54 Å². The summed E-state index contributed by atoms with van der Waals surface area (Å²) >= 11 is 0. The molecule has 1 amide bonds. The van der Waals surface area contributed by atoms with Crippen molar-refractivity contribution in [2.75, 3.05) is 18.0 Å². The van der Waals surface area contributed by atoms with Crippen LogP contribution in [-0.4, -0.2) is 44.4 Å². The van der Waals surface area contributed by atoms with Gasteiger partial charge in [0, 0.05) is 13.1 Å². The van der Waals surface area contributed by atoms with E-state index in [9.17, 15) is 4.79 Å². The number of anilines is 1. The SMILES string of the molecule is O=C(NC1(c2ncn[nH]2)CCC1)c1ccc(N2CCCC2)nn1. The quantitative estimate of drug-likeness (QED) is 0.873. The highest BCUT2D eigenvalue weighted by atomic mass is 16.2. The summed E-state index contributed by atoms with van der Waals surface area (Å²) in [4.78, 5) is 18.9. The minimum absolute atomic E-state index is 0.221. The van der Waals surface area contributed by atoms with Crippen LogP contribution in [0.25, 0.3) is 0 Å². The Morgan fingerprint density at radius 3 is 2.57 bits per heavy atom. The second kappa shape index (κ2) is 5.60. The van der Waals surface area contributed by atoms with Crippen molar-refractivity contribution in [3.8, 4) is 0 Å². The molecule has 2 N–H and O–H groups in total. The van der Waals surface area contributed by atoms with E-state index in [-0.39, 0.29) is 5.91 Å². The number of carbonyl (C=O) groups excluding carboxylic acids is 1. The minimum Gasteiger partial charge on any atom is -0.355 e. The number of amides is 1. The van der Waals surface area contributed by atoms with Crippen molar-refractivity contribution in [2.24, 2.45) is 0 Å². The summed E-state index contributed by atoms with van der Waals surface area (Å²) in [7, 11) is 0. The molecule has 0 radical (unpaired) electrons. The van der Waals surface area contributed by atoms with Gasteiger partial charge in [-0.05, 0) is 44.2 Å². The Kier molecular flexibility index (Phi) is 3.44. The Labute approximate surface area is 133 Å². The third-order valence-electron chi connectivity index (χ3n) is 4.74. The fraction of sp³-hybridized carbons (Fsp3) is 0.533. The molecule has 8 heteroatoms. The van der Waals surface area contributed by atoms with Gasteiger partial charge in [0.1, 0.15) is 12.2 Å². The zero-order valence-electron chi connectivity index (χ0n) is 12.8. The molecule has 0 spiro atoms. The van der Waals surface area contributed by atoms with Gasteiger partial charge in [0.2, 0.25) is 0 Å². The van der Waals surface area contributed by atoms with Crippen LogP contribution in [0.15, 0.2) is 18.5 Å². The van der Waals surface area contributed by atoms with Crippen LogP contribution in [0.1, 0.15) is 48.4 Å². The maximum absolute atomic E-state index is 12.5. The maximum Gasteiger partial charge on any atom is 0.272 e. The van der Waals surface area contributed by atoms with Crippen molar-refractivity contribution in [3.63, 3.8) is 0 Å². The van der Waals surface area contributed by atoms with Gasteiger partial charge in [0.25, 0.3) is 5.91 Å². The Morgan fingerprint density at radius 1 is 1.17 bits per heavy atom. The molecule has 2 fully saturated rings. The van der Waals surface area contributed by atoms with Crippen molar-refractivity contribution in [1.82, 2.24) is 30.7 Å². The molecule has 1 saturated heterocycles. The van der Waals surface area contributed by atoms with E-state index in [0.29, 0.717) is 11.5 Å². The molecule has 0 bridgehead atoms. The first-order chi connectivity index (χ1) is 11.3. The van der Waals surface area contributed by atoms with Crippen LogP contribution in [0.4, 0.5) is 5.82 Å². The molecule has 23 heavy (non-hydrogen) atoms.